The van der Waals surface area contributed by atoms with Crippen molar-refractivity contribution in [1.82, 2.24) is 26.6 Å². The van der Waals surface area contributed by atoms with E-state index in [1.807, 2.05) is 0 Å². The second-order valence-electron chi connectivity index (χ2n) is 13.3. The number of nitrogens with two attached hydrogens (primary N) is 3. The topological polar surface area (TPSA) is 343 Å². The van der Waals surface area contributed by atoms with Crippen molar-refractivity contribution >= 4 is 42.9 Å². The fourth-order valence-corrected chi connectivity index (χ4v) is 5.60. The van der Waals surface area contributed by atoms with Gasteiger partial charge in [0.25, 0.3) is 0 Å². The van der Waals surface area contributed by atoms with Gasteiger partial charge in [-0.05, 0) is 32.1 Å². The smallest absolute Gasteiger partial charge is 0.325 e. The lowest BCUT2D eigenvalue weighted by atomic mass is 9.93. The van der Waals surface area contributed by atoms with Crippen molar-refractivity contribution in [2.45, 2.75) is 83.1 Å². The Bertz CT molecular complexity index is 1220. The molecule has 0 heterocycles. The molecule has 0 spiro atoms. The Kier molecular flexibility index (Phi) is 35.7. The molecule has 0 fully saturated rings. The highest BCUT2D eigenvalue weighted by atomic mass is 31.2. The third kappa shape index (κ3) is 36.4. The van der Waals surface area contributed by atoms with E-state index in [9.17, 15) is 33.3 Å². The van der Waals surface area contributed by atoms with E-state index in [2.05, 4.69) is 41.1 Å². The summed E-state index contributed by atoms with van der Waals surface area (Å²) in [7, 11) is -3.48. The summed E-state index contributed by atoms with van der Waals surface area (Å²) in [5.74, 6) is 11.6. The summed E-state index contributed by atoms with van der Waals surface area (Å²) in [5, 5.41) is 13.5. The molecule has 5 amide bonds. The first-order chi connectivity index (χ1) is 28.3. The standard InChI is InChI=1S/C35H69N8O15P/c1-59(50,51)58-17-5-3-2-4-13-39-31(45)7-6-8-33(47)43-30(35(49)42-16-20-54-23-26-57-38)11-10-29(44)27-28(34(48)41-15-19-53-22-25-56-37)9-12-32(46)40-14-18-52-21-24-55-36/h28,30H,2-27,36-38H2,1H3,(H,39,45)(H,40,46)(H,41,48)(H,42,49)(H,43,47)(H,50,51). The molecular formula is C35H69N8O15P. The van der Waals surface area contributed by atoms with Crippen LogP contribution in [0.5, 0.6) is 0 Å². The van der Waals surface area contributed by atoms with Crippen LogP contribution in [0, 0.1) is 5.92 Å². The van der Waals surface area contributed by atoms with Gasteiger partial charge in [0.05, 0.1) is 66.1 Å². The Morgan fingerprint density at radius 1 is 0.542 bits per heavy atom. The van der Waals surface area contributed by atoms with E-state index < -0.39 is 37.3 Å². The van der Waals surface area contributed by atoms with Crippen LogP contribution in [0.3, 0.4) is 0 Å². The maximum atomic E-state index is 13.3. The molecule has 0 aromatic rings. The highest BCUT2D eigenvalue weighted by molar-refractivity contribution is 7.51. The van der Waals surface area contributed by atoms with Gasteiger partial charge in [-0.15, -0.1) is 0 Å². The second-order valence-corrected chi connectivity index (χ2v) is 15.1. The maximum absolute atomic E-state index is 13.3. The zero-order valence-corrected chi connectivity index (χ0v) is 35.3. The molecular weight excluding hydrogens is 803 g/mol. The van der Waals surface area contributed by atoms with Gasteiger partial charge in [0.1, 0.15) is 11.8 Å². The summed E-state index contributed by atoms with van der Waals surface area (Å²) >= 11 is 0. The number of carbonyl (C=O) groups is 6. The van der Waals surface area contributed by atoms with Gasteiger partial charge in [0.2, 0.25) is 29.5 Å². The first kappa shape index (κ1) is 55.8. The Morgan fingerprint density at radius 3 is 1.63 bits per heavy atom. The zero-order valence-electron chi connectivity index (χ0n) is 34.4. The molecule has 23 nitrogen and oxygen atoms in total. The van der Waals surface area contributed by atoms with E-state index >= 15 is 0 Å². The van der Waals surface area contributed by atoms with E-state index in [-0.39, 0.29) is 155 Å². The van der Waals surface area contributed by atoms with Gasteiger partial charge >= 0.3 is 7.60 Å². The summed E-state index contributed by atoms with van der Waals surface area (Å²) < 4.78 is 31.8. The van der Waals surface area contributed by atoms with Gasteiger partial charge in [0, 0.05) is 70.9 Å². The molecule has 24 heteroatoms. The summed E-state index contributed by atoms with van der Waals surface area (Å²) in [6.07, 6.45) is 2.68. The lowest BCUT2D eigenvalue weighted by Gasteiger charge is -2.20. The molecule has 0 saturated carbocycles. The SMILES string of the molecule is CP(=O)(O)OCCCCCCNC(=O)CCCC(=O)NC(CCC(=O)CC(CCC(=O)NCCOCCON)C(=O)NCCOCCON)C(=O)NCCOCCON. The number of Topliss-reactive ketones (excluding diaryl/α,β-unsaturated/α-hetero) is 1. The average Bonchev–Trinajstić information content (AvgIpc) is 3.19. The lowest BCUT2D eigenvalue weighted by Crippen LogP contribution is -2.47. The molecule has 344 valence electrons. The van der Waals surface area contributed by atoms with Crippen LogP contribution in [-0.2, 0) is 66.6 Å². The van der Waals surface area contributed by atoms with Crippen LogP contribution in [0.2, 0.25) is 0 Å². The zero-order chi connectivity index (χ0) is 44.0. The van der Waals surface area contributed by atoms with Crippen LogP contribution in [0.25, 0.3) is 0 Å². The summed E-state index contributed by atoms with van der Waals surface area (Å²) in [6.45, 7) is 3.93. The van der Waals surface area contributed by atoms with Crippen LogP contribution in [0.4, 0.5) is 0 Å². The molecule has 0 aromatic carbocycles. The average molecular weight is 873 g/mol. The lowest BCUT2D eigenvalue weighted by molar-refractivity contribution is -0.131. The third-order valence-corrected chi connectivity index (χ3v) is 8.82. The van der Waals surface area contributed by atoms with Gasteiger partial charge in [-0.25, -0.2) is 17.7 Å². The molecule has 0 aromatic heterocycles. The van der Waals surface area contributed by atoms with Gasteiger partial charge in [-0.1, -0.05) is 12.8 Å². The van der Waals surface area contributed by atoms with Crippen molar-refractivity contribution in [2.24, 2.45) is 23.6 Å². The van der Waals surface area contributed by atoms with Crippen molar-refractivity contribution in [1.29, 1.82) is 0 Å². The van der Waals surface area contributed by atoms with E-state index in [0.717, 1.165) is 19.5 Å². The normalized spacial score (nSPS) is 13.2. The fraction of sp³-hybridized carbons (Fsp3) is 0.829. The minimum Gasteiger partial charge on any atom is -0.377 e. The predicted molar refractivity (Wildman–Crippen MR) is 212 cm³/mol. The van der Waals surface area contributed by atoms with E-state index in [1.54, 1.807) is 0 Å². The van der Waals surface area contributed by atoms with Crippen LogP contribution in [0.15, 0.2) is 0 Å². The minimum atomic E-state index is -3.48. The predicted octanol–water partition coefficient (Wildman–Crippen LogP) is -1.65. The fourth-order valence-electron chi connectivity index (χ4n) is 5.13. The number of carbonyl (C=O) groups excluding carboxylic acids is 6. The molecule has 12 N–H and O–H groups in total. The molecule has 0 aliphatic rings. The largest absolute Gasteiger partial charge is 0.377 e. The van der Waals surface area contributed by atoms with Gasteiger partial charge in [-0.3, -0.25) is 33.3 Å². The van der Waals surface area contributed by atoms with E-state index in [0.29, 0.717) is 19.4 Å². The van der Waals surface area contributed by atoms with Gasteiger partial charge in [-0.2, -0.15) is 0 Å². The highest BCUT2D eigenvalue weighted by Crippen LogP contribution is 2.36. The second kappa shape index (κ2) is 37.8. The minimum absolute atomic E-state index is 0.0486. The Balaban J connectivity index is 5.18. The highest BCUT2D eigenvalue weighted by Gasteiger charge is 2.26. The molecule has 0 radical (unpaired) electrons. The first-order valence-corrected chi connectivity index (χ1v) is 21.9. The molecule has 59 heavy (non-hydrogen) atoms. The van der Waals surface area contributed by atoms with Crippen LogP contribution < -0.4 is 44.3 Å². The van der Waals surface area contributed by atoms with Crippen molar-refractivity contribution in [3.63, 3.8) is 0 Å². The molecule has 0 saturated heterocycles. The quantitative estimate of drug-likeness (QED) is 0.0189. The number of ketones is 1. The van der Waals surface area contributed by atoms with Crippen LogP contribution >= 0.6 is 7.60 Å². The molecule has 0 aliphatic carbocycles. The number of nitrogens with one attached hydrogen (secondary N) is 5. The Labute approximate surface area is 346 Å². The Hall–Kier alpha value is -3.19. The Morgan fingerprint density at radius 2 is 1.05 bits per heavy atom. The monoisotopic (exact) mass is 872 g/mol. The summed E-state index contributed by atoms with van der Waals surface area (Å²) in [5.41, 5.74) is 0. The number of ether oxygens (including phenoxy) is 3. The van der Waals surface area contributed by atoms with Crippen molar-refractivity contribution in [3.8, 4) is 0 Å². The van der Waals surface area contributed by atoms with Gasteiger partial charge in [0.15, 0.2) is 0 Å². The van der Waals surface area contributed by atoms with Crippen molar-refractivity contribution in [3.05, 3.63) is 0 Å². The molecule has 0 rings (SSSR count). The van der Waals surface area contributed by atoms with E-state index in [4.69, 9.17) is 41.3 Å². The number of hydrogen-bond acceptors (Lipinski definition) is 17. The van der Waals surface area contributed by atoms with Crippen LogP contribution in [0.1, 0.15) is 77.0 Å². The first-order valence-electron chi connectivity index (χ1n) is 19.9. The van der Waals surface area contributed by atoms with Crippen molar-refractivity contribution in [2.75, 3.05) is 98.9 Å². The number of hydrogen-bond donors (Lipinski definition) is 9. The molecule has 3 unspecified atom stereocenters. The maximum Gasteiger partial charge on any atom is 0.325 e. The molecule has 0 bridgehead atoms. The number of amides is 5. The number of rotatable bonds is 41. The summed E-state index contributed by atoms with van der Waals surface area (Å²) in [6, 6.07) is -1.11. The van der Waals surface area contributed by atoms with E-state index in [1.165, 1.54) is 0 Å². The summed E-state index contributed by atoms with van der Waals surface area (Å²) in [4.78, 5) is 99.6. The molecule has 0 aliphatic heterocycles. The van der Waals surface area contributed by atoms with Gasteiger partial charge < -0.3 is 64.7 Å². The van der Waals surface area contributed by atoms with Crippen LogP contribution in [-0.4, -0.2) is 145 Å². The number of unbranched alkanes of at least 4 members (excludes halogenated alkanes) is 3. The third-order valence-electron chi connectivity index (χ3n) is 8.16. The molecule has 3 atom stereocenters. The van der Waals surface area contributed by atoms with Crippen molar-refractivity contribution < 1.29 is 71.5 Å².